The number of anilines is 2. The molecule has 0 atom stereocenters. The molecule has 1 heterocycles. The van der Waals surface area contributed by atoms with Gasteiger partial charge in [-0.3, -0.25) is 9.59 Å². The fourth-order valence-electron chi connectivity index (χ4n) is 4.09. The zero-order valence-electron chi connectivity index (χ0n) is 14.2. The Bertz CT molecular complexity index is 808. The van der Waals surface area contributed by atoms with Crippen LogP contribution in [0.4, 0.5) is 11.4 Å². The molecule has 0 unspecified atom stereocenters. The van der Waals surface area contributed by atoms with Crippen LogP contribution in [0.25, 0.3) is 0 Å². The molecule has 0 bridgehead atoms. The van der Waals surface area contributed by atoms with Crippen LogP contribution < -0.4 is 10.6 Å². The zero-order chi connectivity index (χ0) is 17.3. The highest BCUT2D eigenvalue weighted by Crippen LogP contribution is 2.42. The van der Waals surface area contributed by atoms with Crippen molar-refractivity contribution >= 4 is 23.2 Å². The van der Waals surface area contributed by atoms with Crippen LogP contribution in [0.2, 0.25) is 0 Å². The Morgan fingerprint density at radius 3 is 2.52 bits per heavy atom. The second kappa shape index (κ2) is 6.36. The summed E-state index contributed by atoms with van der Waals surface area (Å²) in [6.07, 6.45) is 5.16. The lowest BCUT2D eigenvalue weighted by Gasteiger charge is -2.28. The fourth-order valence-corrected chi connectivity index (χ4v) is 4.09. The Balaban J connectivity index is 1.59. The highest BCUT2D eigenvalue weighted by molar-refractivity contribution is 6.00. The van der Waals surface area contributed by atoms with Gasteiger partial charge < -0.3 is 10.6 Å². The molecular formula is C21H22N2O2. The van der Waals surface area contributed by atoms with E-state index in [-0.39, 0.29) is 11.8 Å². The number of benzene rings is 2. The molecule has 128 valence electrons. The van der Waals surface area contributed by atoms with Crippen LogP contribution in [-0.2, 0) is 21.4 Å². The molecule has 2 aromatic carbocycles. The molecule has 2 N–H and O–H groups in total. The molecule has 4 heteroatoms. The highest BCUT2D eigenvalue weighted by atomic mass is 16.2. The van der Waals surface area contributed by atoms with Gasteiger partial charge in [0.25, 0.3) is 0 Å². The van der Waals surface area contributed by atoms with E-state index in [0.717, 1.165) is 48.2 Å². The molecule has 4 nitrogen and oxygen atoms in total. The second-order valence-corrected chi connectivity index (χ2v) is 7.03. The maximum Gasteiger partial charge on any atom is 0.235 e. The van der Waals surface area contributed by atoms with E-state index < -0.39 is 5.41 Å². The zero-order valence-corrected chi connectivity index (χ0v) is 14.2. The number of carbonyl (C=O) groups excluding carboxylic acids is 2. The number of fused-ring (bicyclic) bond motifs is 1. The van der Waals surface area contributed by atoms with Gasteiger partial charge >= 0.3 is 0 Å². The van der Waals surface area contributed by atoms with Crippen LogP contribution in [-0.4, -0.2) is 11.8 Å². The van der Waals surface area contributed by atoms with Gasteiger partial charge in [-0.1, -0.05) is 43.2 Å². The van der Waals surface area contributed by atoms with Crippen LogP contribution in [0, 0.1) is 0 Å². The summed E-state index contributed by atoms with van der Waals surface area (Å²) < 4.78 is 0. The number of carbonyl (C=O) groups is 2. The second-order valence-electron chi connectivity index (χ2n) is 7.03. The number of amides is 2. The van der Waals surface area contributed by atoms with E-state index in [2.05, 4.69) is 22.8 Å². The van der Waals surface area contributed by atoms with Crippen LogP contribution in [0.15, 0.2) is 48.5 Å². The number of aryl methyl sites for hydroxylation is 1. The lowest BCUT2D eigenvalue weighted by Crippen LogP contribution is -2.38. The maximum absolute atomic E-state index is 13.2. The minimum absolute atomic E-state index is 0.0540. The maximum atomic E-state index is 13.2. The lowest BCUT2D eigenvalue weighted by molar-refractivity contribution is -0.121. The molecule has 2 aliphatic rings. The minimum Gasteiger partial charge on any atom is -0.326 e. The molecule has 1 aliphatic carbocycles. The van der Waals surface area contributed by atoms with Gasteiger partial charge in [0.1, 0.15) is 0 Å². The molecule has 1 saturated carbocycles. The first kappa shape index (κ1) is 15.9. The Hall–Kier alpha value is -2.62. The van der Waals surface area contributed by atoms with Crippen molar-refractivity contribution in [2.75, 3.05) is 10.6 Å². The normalized spacial score (nSPS) is 18.3. The number of nitrogens with one attached hydrogen (secondary N) is 2. The van der Waals surface area contributed by atoms with Crippen LogP contribution in [0.5, 0.6) is 0 Å². The predicted octanol–water partition coefficient (Wildman–Crippen LogP) is 4.02. The standard InChI is InChI=1S/C21H22N2O2/c24-19-11-8-15-14-17(9-10-18(15)23-19)22-20(25)21(12-4-5-13-21)16-6-2-1-3-7-16/h1-3,6-7,9-10,14H,4-5,8,11-13H2,(H,22,25)(H,23,24). The van der Waals surface area contributed by atoms with E-state index in [1.54, 1.807) is 0 Å². The van der Waals surface area contributed by atoms with Crippen LogP contribution in [0.3, 0.4) is 0 Å². The topological polar surface area (TPSA) is 58.2 Å². The van der Waals surface area contributed by atoms with Crippen LogP contribution >= 0.6 is 0 Å². The van der Waals surface area contributed by atoms with E-state index in [0.29, 0.717) is 12.8 Å². The lowest BCUT2D eigenvalue weighted by atomic mass is 9.78. The summed E-state index contributed by atoms with van der Waals surface area (Å²) in [7, 11) is 0. The van der Waals surface area contributed by atoms with E-state index in [1.807, 2.05) is 36.4 Å². The van der Waals surface area contributed by atoms with Crippen molar-refractivity contribution in [3.63, 3.8) is 0 Å². The summed E-state index contributed by atoms with van der Waals surface area (Å²) in [6.45, 7) is 0. The molecule has 4 rings (SSSR count). The van der Waals surface area contributed by atoms with E-state index in [1.165, 1.54) is 0 Å². The van der Waals surface area contributed by atoms with Crippen molar-refractivity contribution in [3.8, 4) is 0 Å². The van der Waals surface area contributed by atoms with Gasteiger partial charge in [-0.2, -0.15) is 0 Å². The van der Waals surface area contributed by atoms with E-state index in [9.17, 15) is 9.59 Å². The monoisotopic (exact) mass is 334 g/mol. The third-order valence-corrected chi connectivity index (χ3v) is 5.48. The van der Waals surface area contributed by atoms with Crippen LogP contribution in [0.1, 0.15) is 43.2 Å². The summed E-state index contributed by atoms with van der Waals surface area (Å²) >= 11 is 0. The minimum atomic E-state index is -0.425. The first-order valence-corrected chi connectivity index (χ1v) is 8.97. The third kappa shape index (κ3) is 2.93. The Labute approximate surface area is 147 Å². The van der Waals surface area contributed by atoms with Gasteiger partial charge in [-0.05, 0) is 48.6 Å². The summed E-state index contributed by atoms with van der Waals surface area (Å²) in [4.78, 5) is 24.7. The quantitative estimate of drug-likeness (QED) is 0.890. The van der Waals surface area contributed by atoms with Crippen molar-refractivity contribution in [2.24, 2.45) is 0 Å². The summed E-state index contributed by atoms with van der Waals surface area (Å²) in [5.41, 5.74) is 3.42. The SMILES string of the molecule is O=C1CCc2cc(NC(=O)C3(c4ccccc4)CCCC3)ccc2N1. The first-order chi connectivity index (χ1) is 12.2. The van der Waals surface area contributed by atoms with Gasteiger partial charge in [0.2, 0.25) is 11.8 Å². The van der Waals surface area contributed by atoms with Gasteiger partial charge in [-0.25, -0.2) is 0 Å². The molecule has 0 radical (unpaired) electrons. The smallest absolute Gasteiger partial charge is 0.235 e. The predicted molar refractivity (Wildman–Crippen MR) is 98.6 cm³/mol. The van der Waals surface area contributed by atoms with Gasteiger partial charge in [0.15, 0.2) is 0 Å². The summed E-state index contributed by atoms with van der Waals surface area (Å²) in [6, 6.07) is 15.9. The Morgan fingerprint density at radius 2 is 1.76 bits per heavy atom. The molecular weight excluding hydrogens is 312 g/mol. The first-order valence-electron chi connectivity index (χ1n) is 8.97. The fraction of sp³-hybridized carbons (Fsp3) is 0.333. The average molecular weight is 334 g/mol. The van der Waals surface area contributed by atoms with E-state index in [4.69, 9.17) is 0 Å². The molecule has 2 amide bonds. The molecule has 2 aromatic rings. The van der Waals surface area contributed by atoms with Crippen molar-refractivity contribution in [1.82, 2.24) is 0 Å². The Kier molecular flexibility index (Phi) is 4.04. The van der Waals surface area contributed by atoms with Crippen molar-refractivity contribution in [3.05, 3.63) is 59.7 Å². The third-order valence-electron chi connectivity index (χ3n) is 5.48. The van der Waals surface area contributed by atoms with Crippen molar-refractivity contribution < 1.29 is 9.59 Å². The van der Waals surface area contributed by atoms with Gasteiger partial charge in [0.05, 0.1) is 5.41 Å². The molecule has 0 saturated heterocycles. The summed E-state index contributed by atoms with van der Waals surface area (Å²) in [5, 5.41) is 6.01. The number of hydrogen-bond donors (Lipinski definition) is 2. The molecule has 25 heavy (non-hydrogen) atoms. The molecule has 0 aromatic heterocycles. The summed E-state index contributed by atoms with van der Waals surface area (Å²) in [5.74, 6) is 0.134. The van der Waals surface area contributed by atoms with E-state index >= 15 is 0 Å². The van der Waals surface area contributed by atoms with Gasteiger partial charge in [0, 0.05) is 17.8 Å². The van der Waals surface area contributed by atoms with Crippen molar-refractivity contribution in [1.29, 1.82) is 0 Å². The molecule has 1 fully saturated rings. The largest absolute Gasteiger partial charge is 0.326 e. The number of rotatable bonds is 3. The average Bonchev–Trinajstić information content (AvgIpc) is 3.14. The van der Waals surface area contributed by atoms with Gasteiger partial charge in [-0.15, -0.1) is 0 Å². The number of hydrogen-bond acceptors (Lipinski definition) is 2. The molecule has 1 aliphatic heterocycles. The molecule has 0 spiro atoms. The Morgan fingerprint density at radius 1 is 1.00 bits per heavy atom. The highest BCUT2D eigenvalue weighted by Gasteiger charge is 2.42. The van der Waals surface area contributed by atoms with Crippen molar-refractivity contribution in [2.45, 2.75) is 43.9 Å².